The molecule has 1 atom stereocenters. The number of thiocarbonyl (C=S) groups is 1. The Balaban J connectivity index is 2.15. The molecule has 21 heavy (non-hydrogen) atoms. The summed E-state index contributed by atoms with van der Waals surface area (Å²) in [5.74, 6) is 0.164. The van der Waals surface area contributed by atoms with E-state index in [4.69, 9.17) is 23.1 Å². The topological polar surface area (TPSA) is 66.6 Å². The van der Waals surface area contributed by atoms with E-state index in [-0.39, 0.29) is 18.6 Å². The number of hydrogen-bond acceptors (Lipinski definition) is 3. The molecule has 5 heteroatoms. The van der Waals surface area contributed by atoms with Crippen molar-refractivity contribution in [2.24, 2.45) is 11.1 Å². The zero-order valence-corrected chi connectivity index (χ0v) is 13.7. The average molecular weight is 312 g/mol. The van der Waals surface area contributed by atoms with Gasteiger partial charge in [-0.3, -0.25) is 4.79 Å². The van der Waals surface area contributed by atoms with Gasteiger partial charge in [0.05, 0.1) is 10.4 Å². The first-order valence-electron chi connectivity index (χ1n) is 8.33. The molecule has 2 fully saturated rings. The molecule has 0 aromatic carbocycles. The zero-order chi connectivity index (χ0) is 15.3. The second kappa shape index (κ2) is 7.54. The Bertz CT molecular complexity index is 378. The summed E-state index contributed by atoms with van der Waals surface area (Å²) in [7, 11) is 0. The van der Waals surface area contributed by atoms with Crippen molar-refractivity contribution < 1.29 is 9.90 Å². The molecule has 0 bridgehead atoms. The van der Waals surface area contributed by atoms with Crippen molar-refractivity contribution >= 4 is 23.1 Å². The quantitative estimate of drug-likeness (QED) is 0.604. The Labute approximate surface area is 133 Å². The van der Waals surface area contributed by atoms with Crippen molar-refractivity contribution in [1.82, 2.24) is 4.90 Å². The lowest BCUT2D eigenvalue weighted by atomic mass is 9.78. The highest BCUT2D eigenvalue weighted by Gasteiger charge is 2.46. The Morgan fingerprint density at radius 1 is 1.24 bits per heavy atom. The summed E-state index contributed by atoms with van der Waals surface area (Å²) >= 11 is 5.32. The van der Waals surface area contributed by atoms with Gasteiger partial charge in [-0.15, -0.1) is 0 Å². The van der Waals surface area contributed by atoms with E-state index in [9.17, 15) is 4.79 Å². The molecule has 1 aliphatic carbocycles. The van der Waals surface area contributed by atoms with Crippen LogP contribution in [0.3, 0.4) is 0 Å². The first kappa shape index (κ1) is 16.7. The van der Waals surface area contributed by atoms with Gasteiger partial charge in [0.15, 0.2) is 0 Å². The van der Waals surface area contributed by atoms with Gasteiger partial charge in [-0.1, -0.05) is 37.9 Å². The largest absolute Gasteiger partial charge is 0.396 e. The van der Waals surface area contributed by atoms with Crippen LogP contribution in [0.4, 0.5) is 0 Å². The van der Waals surface area contributed by atoms with Crippen LogP contribution in [0.15, 0.2) is 0 Å². The SMILES string of the molecule is NC(=S)C1(C(=O)N2CCCC2CCCO)CCCCCC1. The van der Waals surface area contributed by atoms with Crippen molar-refractivity contribution in [3.63, 3.8) is 0 Å². The van der Waals surface area contributed by atoms with E-state index < -0.39 is 5.41 Å². The molecule has 0 aromatic heterocycles. The zero-order valence-electron chi connectivity index (χ0n) is 12.9. The number of carbonyl (C=O) groups is 1. The van der Waals surface area contributed by atoms with E-state index in [1.165, 1.54) is 12.8 Å². The van der Waals surface area contributed by atoms with Crippen LogP contribution >= 0.6 is 12.2 Å². The second-order valence-electron chi connectivity index (χ2n) is 6.52. The molecule has 3 N–H and O–H groups in total. The van der Waals surface area contributed by atoms with Gasteiger partial charge in [-0.25, -0.2) is 0 Å². The molecule has 0 radical (unpaired) electrons. The number of aliphatic hydroxyl groups excluding tert-OH is 1. The fourth-order valence-electron chi connectivity index (χ4n) is 3.90. The van der Waals surface area contributed by atoms with E-state index in [2.05, 4.69) is 0 Å². The highest BCUT2D eigenvalue weighted by atomic mass is 32.1. The molecule has 1 amide bonds. The second-order valence-corrected chi connectivity index (χ2v) is 6.96. The van der Waals surface area contributed by atoms with Crippen LogP contribution < -0.4 is 5.73 Å². The molecule has 1 heterocycles. The fraction of sp³-hybridized carbons (Fsp3) is 0.875. The molecule has 1 aliphatic heterocycles. The number of likely N-dealkylation sites (tertiary alicyclic amines) is 1. The lowest BCUT2D eigenvalue weighted by Crippen LogP contribution is -2.51. The number of hydrogen-bond donors (Lipinski definition) is 2. The van der Waals surface area contributed by atoms with Crippen LogP contribution in [-0.2, 0) is 4.79 Å². The van der Waals surface area contributed by atoms with Gasteiger partial charge < -0.3 is 15.7 Å². The summed E-state index contributed by atoms with van der Waals surface area (Å²) in [5.41, 5.74) is 5.43. The van der Waals surface area contributed by atoms with Crippen LogP contribution in [0.5, 0.6) is 0 Å². The molecule has 0 spiro atoms. The molecule has 1 unspecified atom stereocenters. The summed E-state index contributed by atoms with van der Waals surface area (Å²) in [6.45, 7) is 1.01. The standard InChI is InChI=1S/C16H28N2O2S/c17-14(21)16(9-3-1-2-4-10-16)15(20)18-11-5-7-13(18)8-6-12-19/h13,19H,1-12H2,(H2,17,21). The molecule has 2 rings (SSSR count). The van der Waals surface area contributed by atoms with Crippen LogP contribution in [0, 0.1) is 5.41 Å². The third-order valence-corrected chi connectivity index (χ3v) is 5.56. The Morgan fingerprint density at radius 2 is 1.90 bits per heavy atom. The lowest BCUT2D eigenvalue weighted by molar-refractivity contribution is -0.140. The molecular formula is C16H28N2O2S. The Kier molecular flexibility index (Phi) is 5.99. The van der Waals surface area contributed by atoms with Crippen molar-refractivity contribution in [2.45, 2.75) is 70.3 Å². The number of amides is 1. The number of nitrogens with zero attached hydrogens (tertiary/aromatic N) is 1. The van der Waals surface area contributed by atoms with Gasteiger partial charge in [-0.05, 0) is 38.5 Å². The minimum atomic E-state index is -0.604. The molecule has 0 aromatic rings. The summed E-state index contributed by atoms with van der Waals surface area (Å²) in [6.07, 6.45) is 9.78. The monoisotopic (exact) mass is 312 g/mol. The summed E-state index contributed by atoms with van der Waals surface area (Å²) in [6, 6.07) is 0.263. The highest BCUT2D eigenvalue weighted by Crippen LogP contribution is 2.39. The average Bonchev–Trinajstić information content (AvgIpc) is 2.78. The first-order valence-corrected chi connectivity index (χ1v) is 8.74. The molecule has 1 saturated heterocycles. The summed E-state index contributed by atoms with van der Waals surface area (Å²) in [5, 5.41) is 9.03. The van der Waals surface area contributed by atoms with Crippen molar-refractivity contribution in [2.75, 3.05) is 13.2 Å². The number of rotatable bonds is 5. The smallest absolute Gasteiger partial charge is 0.235 e. The van der Waals surface area contributed by atoms with Crippen molar-refractivity contribution in [1.29, 1.82) is 0 Å². The molecule has 1 saturated carbocycles. The predicted octanol–water partition coefficient (Wildman–Crippen LogP) is 2.38. The third kappa shape index (κ3) is 3.57. The van der Waals surface area contributed by atoms with Crippen LogP contribution in [0.25, 0.3) is 0 Å². The fourth-order valence-corrected chi connectivity index (χ4v) is 4.19. The normalized spacial score (nSPS) is 25.6. The van der Waals surface area contributed by atoms with E-state index >= 15 is 0 Å². The maximum Gasteiger partial charge on any atom is 0.235 e. The van der Waals surface area contributed by atoms with Crippen molar-refractivity contribution in [3.8, 4) is 0 Å². The van der Waals surface area contributed by atoms with Gasteiger partial charge in [0.2, 0.25) is 5.91 Å². The molecule has 4 nitrogen and oxygen atoms in total. The summed E-state index contributed by atoms with van der Waals surface area (Å²) in [4.78, 5) is 15.6. The Morgan fingerprint density at radius 3 is 2.48 bits per heavy atom. The maximum atomic E-state index is 13.2. The number of carbonyl (C=O) groups excluding carboxylic acids is 1. The predicted molar refractivity (Wildman–Crippen MR) is 88.0 cm³/mol. The van der Waals surface area contributed by atoms with E-state index in [1.54, 1.807) is 0 Å². The van der Waals surface area contributed by atoms with Gasteiger partial charge in [0.1, 0.15) is 0 Å². The van der Waals surface area contributed by atoms with Gasteiger partial charge in [0, 0.05) is 19.2 Å². The van der Waals surface area contributed by atoms with E-state index in [0.29, 0.717) is 4.99 Å². The molecular weight excluding hydrogens is 284 g/mol. The van der Waals surface area contributed by atoms with Gasteiger partial charge in [-0.2, -0.15) is 0 Å². The number of nitrogens with two attached hydrogens (primary N) is 1. The highest BCUT2D eigenvalue weighted by molar-refractivity contribution is 7.80. The Hall–Kier alpha value is -0.680. The van der Waals surface area contributed by atoms with Crippen LogP contribution in [0.2, 0.25) is 0 Å². The minimum Gasteiger partial charge on any atom is -0.396 e. The van der Waals surface area contributed by atoms with E-state index in [1.807, 2.05) is 4.90 Å². The molecule has 2 aliphatic rings. The van der Waals surface area contributed by atoms with Gasteiger partial charge >= 0.3 is 0 Å². The van der Waals surface area contributed by atoms with Gasteiger partial charge in [0.25, 0.3) is 0 Å². The maximum absolute atomic E-state index is 13.2. The minimum absolute atomic E-state index is 0.164. The van der Waals surface area contributed by atoms with Crippen molar-refractivity contribution in [3.05, 3.63) is 0 Å². The number of aliphatic hydroxyl groups is 1. The lowest BCUT2D eigenvalue weighted by Gasteiger charge is -2.37. The summed E-state index contributed by atoms with van der Waals surface area (Å²) < 4.78 is 0. The van der Waals surface area contributed by atoms with Crippen LogP contribution in [-0.4, -0.2) is 40.1 Å². The molecule has 120 valence electrons. The van der Waals surface area contributed by atoms with Crippen LogP contribution in [0.1, 0.15) is 64.2 Å². The first-order chi connectivity index (χ1) is 10.1. The van der Waals surface area contributed by atoms with E-state index in [0.717, 1.165) is 57.9 Å². The third-order valence-electron chi connectivity index (χ3n) is 5.17.